The van der Waals surface area contributed by atoms with E-state index in [4.69, 9.17) is 5.73 Å². The third-order valence-electron chi connectivity index (χ3n) is 5.89. The lowest BCUT2D eigenvalue weighted by Crippen LogP contribution is -2.57. The first-order chi connectivity index (χ1) is 15.0. The summed E-state index contributed by atoms with van der Waals surface area (Å²) < 4.78 is 15.0. The van der Waals surface area contributed by atoms with Crippen molar-refractivity contribution in [3.8, 4) is 0 Å². The van der Waals surface area contributed by atoms with Crippen LogP contribution in [0.4, 0.5) is 21.7 Å². The number of anilines is 3. The van der Waals surface area contributed by atoms with Gasteiger partial charge < -0.3 is 26.0 Å². The van der Waals surface area contributed by atoms with Crippen LogP contribution in [0.2, 0.25) is 0 Å². The van der Waals surface area contributed by atoms with Crippen LogP contribution in [0.1, 0.15) is 36.0 Å². The maximum absolute atomic E-state index is 15.0. The molecule has 4 rings (SSSR count). The Bertz CT molecular complexity index is 964. The number of carbonyl (C=O) groups is 2. The molecule has 31 heavy (non-hydrogen) atoms. The molecule has 0 spiro atoms. The fourth-order valence-corrected chi connectivity index (χ4v) is 4.34. The Morgan fingerprint density at radius 1 is 1.23 bits per heavy atom. The predicted molar refractivity (Wildman–Crippen MR) is 113 cm³/mol. The van der Waals surface area contributed by atoms with Crippen LogP contribution >= 0.6 is 0 Å². The number of benzene rings is 1. The van der Waals surface area contributed by atoms with Crippen LogP contribution in [-0.2, 0) is 4.79 Å². The summed E-state index contributed by atoms with van der Waals surface area (Å²) in [6.07, 6.45) is 4.35. The second-order valence-corrected chi connectivity index (χ2v) is 7.81. The summed E-state index contributed by atoms with van der Waals surface area (Å²) in [5, 5.41) is 12.5. The van der Waals surface area contributed by atoms with Crippen LogP contribution < -0.4 is 16.0 Å². The van der Waals surface area contributed by atoms with E-state index in [2.05, 4.69) is 15.3 Å². The molecule has 0 bridgehead atoms. The highest BCUT2D eigenvalue weighted by atomic mass is 19.1. The number of likely N-dealkylation sites (tertiary alicyclic amines) is 1. The molecule has 2 fully saturated rings. The van der Waals surface area contributed by atoms with E-state index in [0.717, 1.165) is 38.7 Å². The fourth-order valence-electron chi connectivity index (χ4n) is 4.34. The van der Waals surface area contributed by atoms with Crippen molar-refractivity contribution in [1.29, 1.82) is 0 Å². The van der Waals surface area contributed by atoms with E-state index >= 15 is 0 Å². The quantitative estimate of drug-likeness (QED) is 0.658. The highest BCUT2D eigenvalue weighted by Gasteiger charge is 2.39. The van der Waals surface area contributed by atoms with Crippen molar-refractivity contribution >= 4 is 29.2 Å². The zero-order chi connectivity index (χ0) is 22.0. The Morgan fingerprint density at radius 3 is 2.68 bits per heavy atom. The Labute approximate surface area is 179 Å². The molecule has 3 heterocycles. The summed E-state index contributed by atoms with van der Waals surface area (Å²) in [6, 6.07) is 5.35. The second kappa shape index (κ2) is 8.84. The zero-order valence-corrected chi connectivity index (χ0v) is 17.0. The molecule has 2 aliphatic rings. The normalized spacial score (nSPS) is 21.7. The highest BCUT2D eigenvalue weighted by molar-refractivity contribution is 5.90. The van der Waals surface area contributed by atoms with Gasteiger partial charge in [0.1, 0.15) is 12.4 Å². The van der Waals surface area contributed by atoms with Crippen molar-refractivity contribution < 1.29 is 19.1 Å². The summed E-state index contributed by atoms with van der Waals surface area (Å²) in [6.45, 7) is 2.33. The Hall–Kier alpha value is -3.27. The minimum Gasteiger partial charge on any atom is -0.478 e. The molecule has 10 heteroatoms. The third-order valence-corrected chi connectivity index (χ3v) is 5.89. The lowest BCUT2D eigenvalue weighted by atomic mass is 9.97. The Balaban J connectivity index is 1.73. The first-order valence-corrected chi connectivity index (χ1v) is 10.4. The largest absolute Gasteiger partial charge is 0.478 e. The summed E-state index contributed by atoms with van der Waals surface area (Å²) in [4.78, 5) is 36.0. The average molecular weight is 428 g/mol. The highest BCUT2D eigenvalue weighted by Crippen LogP contribution is 2.34. The van der Waals surface area contributed by atoms with Gasteiger partial charge in [0.2, 0.25) is 11.7 Å². The van der Waals surface area contributed by atoms with Gasteiger partial charge in [-0.3, -0.25) is 4.79 Å². The average Bonchev–Trinajstić information content (AvgIpc) is 2.79. The van der Waals surface area contributed by atoms with E-state index < -0.39 is 17.8 Å². The van der Waals surface area contributed by atoms with Crippen molar-refractivity contribution in [2.75, 3.05) is 30.3 Å². The van der Waals surface area contributed by atoms with Crippen molar-refractivity contribution in [2.24, 2.45) is 0 Å². The molecule has 4 N–H and O–H groups in total. The molecule has 0 saturated carbocycles. The molecule has 9 nitrogen and oxygen atoms in total. The van der Waals surface area contributed by atoms with Gasteiger partial charge in [-0.15, -0.1) is 0 Å². The SMILES string of the molecule is Nc1ncnc(N(c2ccc(C(=O)O)cc2)C2CCCN([C@@H]3CCCNC3)C2=O)c1F. The number of nitrogens with one attached hydrogen (secondary N) is 1. The van der Waals surface area contributed by atoms with Crippen LogP contribution in [0.25, 0.3) is 0 Å². The molecule has 0 aliphatic carbocycles. The predicted octanol–water partition coefficient (Wildman–Crippen LogP) is 1.78. The lowest BCUT2D eigenvalue weighted by molar-refractivity contribution is -0.137. The van der Waals surface area contributed by atoms with Gasteiger partial charge in [-0.25, -0.2) is 14.8 Å². The number of carbonyl (C=O) groups excluding carboxylic acids is 1. The van der Waals surface area contributed by atoms with Crippen molar-refractivity contribution in [2.45, 2.75) is 37.8 Å². The van der Waals surface area contributed by atoms with Gasteiger partial charge in [-0.2, -0.15) is 4.39 Å². The number of nitrogens with two attached hydrogens (primary N) is 1. The van der Waals surface area contributed by atoms with E-state index in [0.29, 0.717) is 18.7 Å². The molecular formula is C21H25FN6O3. The maximum atomic E-state index is 15.0. The zero-order valence-electron chi connectivity index (χ0n) is 17.0. The first-order valence-electron chi connectivity index (χ1n) is 10.4. The molecule has 164 valence electrons. The number of carboxylic acid groups (broad SMARTS) is 1. The number of nitrogen functional groups attached to an aromatic ring is 1. The number of carboxylic acids is 1. The molecule has 1 aromatic heterocycles. The number of nitrogens with zero attached hydrogens (tertiary/aromatic N) is 4. The van der Waals surface area contributed by atoms with Crippen LogP contribution in [-0.4, -0.2) is 63.6 Å². The Morgan fingerprint density at radius 2 is 2.00 bits per heavy atom. The number of halogens is 1. The number of hydrogen-bond acceptors (Lipinski definition) is 7. The molecule has 2 aliphatic heterocycles. The lowest BCUT2D eigenvalue weighted by Gasteiger charge is -2.43. The number of amides is 1. The molecule has 2 aromatic rings. The van der Waals surface area contributed by atoms with Crippen LogP contribution in [0, 0.1) is 5.82 Å². The van der Waals surface area contributed by atoms with Crippen molar-refractivity contribution in [3.63, 3.8) is 0 Å². The van der Waals surface area contributed by atoms with E-state index in [1.54, 1.807) is 12.1 Å². The second-order valence-electron chi connectivity index (χ2n) is 7.81. The van der Waals surface area contributed by atoms with E-state index in [1.807, 2.05) is 4.90 Å². The van der Waals surface area contributed by atoms with Gasteiger partial charge in [-0.05, 0) is 56.5 Å². The van der Waals surface area contributed by atoms with Gasteiger partial charge in [0, 0.05) is 24.8 Å². The maximum Gasteiger partial charge on any atom is 0.335 e. The first kappa shape index (κ1) is 21.0. The summed E-state index contributed by atoms with van der Waals surface area (Å²) in [5.41, 5.74) is 6.23. The van der Waals surface area contributed by atoms with Crippen molar-refractivity contribution in [1.82, 2.24) is 20.2 Å². The third kappa shape index (κ3) is 4.15. The topological polar surface area (TPSA) is 125 Å². The number of aromatic carboxylic acids is 1. The molecule has 2 atom stereocenters. The standard InChI is InChI=1S/C21H25FN6O3/c22-17-18(23)25-12-26-19(17)28(14-7-5-13(6-8-14)21(30)31)16-4-2-10-27(20(16)29)15-3-1-9-24-11-15/h5-8,12,15-16,24H,1-4,9-11H2,(H,30,31)(H2,23,25,26)/t15-,16?/m1/s1. The molecule has 0 radical (unpaired) electrons. The van der Waals surface area contributed by atoms with Gasteiger partial charge in [0.05, 0.1) is 5.56 Å². The number of rotatable bonds is 5. The van der Waals surface area contributed by atoms with Gasteiger partial charge in [0.15, 0.2) is 11.6 Å². The smallest absolute Gasteiger partial charge is 0.335 e. The van der Waals surface area contributed by atoms with Crippen LogP contribution in [0.15, 0.2) is 30.6 Å². The van der Waals surface area contributed by atoms with Gasteiger partial charge in [0.25, 0.3) is 0 Å². The van der Waals surface area contributed by atoms with Gasteiger partial charge >= 0.3 is 5.97 Å². The monoisotopic (exact) mass is 428 g/mol. The van der Waals surface area contributed by atoms with Gasteiger partial charge in [-0.1, -0.05) is 0 Å². The number of hydrogen-bond donors (Lipinski definition) is 3. The number of aromatic nitrogens is 2. The van der Waals surface area contributed by atoms with E-state index in [-0.39, 0.29) is 29.1 Å². The molecule has 1 unspecified atom stereocenters. The molecule has 1 amide bonds. The Kier molecular flexibility index (Phi) is 5.99. The van der Waals surface area contributed by atoms with Crippen molar-refractivity contribution in [3.05, 3.63) is 42.0 Å². The van der Waals surface area contributed by atoms with E-state index in [9.17, 15) is 19.1 Å². The van der Waals surface area contributed by atoms with Crippen LogP contribution in [0.5, 0.6) is 0 Å². The summed E-state index contributed by atoms with van der Waals surface area (Å²) in [5.74, 6) is -2.39. The minimum atomic E-state index is -1.07. The fraction of sp³-hybridized carbons (Fsp3) is 0.429. The van der Waals surface area contributed by atoms with Crippen LogP contribution in [0.3, 0.4) is 0 Å². The van der Waals surface area contributed by atoms with E-state index in [1.165, 1.54) is 17.0 Å². The molecular weight excluding hydrogens is 403 g/mol. The minimum absolute atomic E-state index is 0.0938. The summed E-state index contributed by atoms with van der Waals surface area (Å²) in [7, 11) is 0. The molecule has 1 aromatic carbocycles. The number of piperidine rings is 2. The summed E-state index contributed by atoms with van der Waals surface area (Å²) >= 11 is 0. The molecule has 2 saturated heterocycles.